The normalized spacial score (nSPS) is 11.5. The summed E-state index contributed by atoms with van der Waals surface area (Å²) in [7, 11) is 0. The molecule has 3 aromatic rings. The van der Waals surface area contributed by atoms with E-state index in [1.54, 1.807) is 0 Å². The van der Waals surface area contributed by atoms with Crippen LogP contribution in [0.25, 0.3) is 5.69 Å². The predicted octanol–water partition coefficient (Wildman–Crippen LogP) is 5.06. The van der Waals surface area contributed by atoms with E-state index >= 15 is 0 Å². The molecular weight excluding hydrogens is 296 g/mol. The third kappa shape index (κ3) is 3.67. The zero-order chi connectivity index (χ0) is 17.2. The molecule has 0 fully saturated rings. The predicted molar refractivity (Wildman–Crippen MR) is 97.8 cm³/mol. The Morgan fingerprint density at radius 3 is 2.42 bits per heavy atom. The fourth-order valence-electron chi connectivity index (χ4n) is 2.49. The number of benzene rings is 2. The number of hydrogen-bond acceptors (Lipinski definition) is 2. The van der Waals surface area contributed by atoms with Crippen LogP contribution in [0.15, 0.2) is 60.8 Å². The van der Waals surface area contributed by atoms with E-state index < -0.39 is 0 Å². The maximum Gasteiger partial charge on any atom is 0.124 e. The SMILES string of the molecule is Cc1ccc(-n2ccc(C(C)(C)C)n2)cc1OCc1ccccc1. The first-order chi connectivity index (χ1) is 11.4. The van der Waals surface area contributed by atoms with E-state index in [-0.39, 0.29) is 5.41 Å². The van der Waals surface area contributed by atoms with Crippen molar-refractivity contribution >= 4 is 0 Å². The summed E-state index contributed by atoms with van der Waals surface area (Å²) in [5.74, 6) is 0.893. The topological polar surface area (TPSA) is 27.1 Å². The lowest BCUT2D eigenvalue weighted by molar-refractivity contribution is 0.304. The van der Waals surface area contributed by atoms with E-state index in [4.69, 9.17) is 9.84 Å². The van der Waals surface area contributed by atoms with Gasteiger partial charge in [-0.3, -0.25) is 0 Å². The smallest absolute Gasteiger partial charge is 0.124 e. The van der Waals surface area contributed by atoms with E-state index in [1.165, 1.54) is 0 Å². The highest BCUT2D eigenvalue weighted by molar-refractivity contribution is 5.44. The quantitative estimate of drug-likeness (QED) is 0.672. The maximum atomic E-state index is 6.02. The molecule has 1 heterocycles. The van der Waals surface area contributed by atoms with Crippen LogP contribution >= 0.6 is 0 Å². The van der Waals surface area contributed by atoms with Crippen molar-refractivity contribution in [2.75, 3.05) is 0 Å². The minimum atomic E-state index is 0.0442. The minimum Gasteiger partial charge on any atom is -0.489 e. The monoisotopic (exact) mass is 320 g/mol. The summed E-state index contributed by atoms with van der Waals surface area (Å²) < 4.78 is 7.93. The first-order valence-electron chi connectivity index (χ1n) is 8.27. The van der Waals surface area contributed by atoms with Gasteiger partial charge in [-0.25, -0.2) is 4.68 Å². The molecule has 3 rings (SSSR count). The van der Waals surface area contributed by atoms with Gasteiger partial charge in [0.2, 0.25) is 0 Å². The Labute approximate surface area is 143 Å². The van der Waals surface area contributed by atoms with Crippen LogP contribution in [0.4, 0.5) is 0 Å². The number of nitrogens with zero attached hydrogens (tertiary/aromatic N) is 2. The van der Waals surface area contributed by atoms with E-state index in [0.29, 0.717) is 6.61 Å². The van der Waals surface area contributed by atoms with Gasteiger partial charge in [0.15, 0.2) is 0 Å². The number of aromatic nitrogens is 2. The van der Waals surface area contributed by atoms with Crippen molar-refractivity contribution < 1.29 is 4.74 Å². The van der Waals surface area contributed by atoms with Crippen LogP contribution in [0.5, 0.6) is 5.75 Å². The van der Waals surface area contributed by atoms with Crippen molar-refractivity contribution in [2.24, 2.45) is 0 Å². The van der Waals surface area contributed by atoms with Gasteiger partial charge < -0.3 is 4.74 Å². The number of ether oxygens (including phenoxy) is 1. The summed E-state index contributed by atoms with van der Waals surface area (Å²) in [6.07, 6.45) is 2.01. The summed E-state index contributed by atoms with van der Waals surface area (Å²) in [6.45, 7) is 9.14. The van der Waals surface area contributed by atoms with Crippen LogP contribution in [-0.4, -0.2) is 9.78 Å². The molecule has 0 aliphatic heterocycles. The zero-order valence-corrected chi connectivity index (χ0v) is 14.8. The van der Waals surface area contributed by atoms with Crippen LogP contribution in [0.1, 0.15) is 37.6 Å². The average Bonchev–Trinajstić information content (AvgIpc) is 3.05. The van der Waals surface area contributed by atoms with E-state index in [9.17, 15) is 0 Å². The Morgan fingerprint density at radius 2 is 1.75 bits per heavy atom. The molecule has 0 N–H and O–H groups in total. The van der Waals surface area contributed by atoms with Crippen LogP contribution in [0.2, 0.25) is 0 Å². The second-order valence-corrected chi connectivity index (χ2v) is 7.12. The molecule has 0 amide bonds. The highest BCUT2D eigenvalue weighted by Gasteiger charge is 2.17. The van der Waals surface area contributed by atoms with Gasteiger partial charge in [0.25, 0.3) is 0 Å². The summed E-state index contributed by atoms with van der Waals surface area (Å²) in [5.41, 5.74) is 4.42. The van der Waals surface area contributed by atoms with Crippen molar-refractivity contribution in [3.05, 3.63) is 77.6 Å². The molecule has 0 saturated carbocycles. The molecule has 3 heteroatoms. The molecule has 0 bridgehead atoms. The van der Waals surface area contributed by atoms with Crippen molar-refractivity contribution in [1.82, 2.24) is 9.78 Å². The standard InChI is InChI=1S/C21H24N2O/c1-16-10-11-18(23-13-12-20(22-23)21(2,3)4)14-19(16)24-15-17-8-6-5-7-9-17/h5-14H,15H2,1-4H3. The second-order valence-electron chi connectivity index (χ2n) is 7.12. The maximum absolute atomic E-state index is 6.02. The Kier molecular flexibility index (Phi) is 4.43. The molecule has 24 heavy (non-hydrogen) atoms. The number of hydrogen-bond donors (Lipinski definition) is 0. The van der Waals surface area contributed by atoms with Crippen molar-refractivity contribution in [3.8, 4) is 11.4 Å². The van der Waals surface area contributed by atoms with Gasteiger partial charge in [-0.1, -0.05) is 57.2 Å². The number of aryl methyl sites for hydroxylation is 1. The van der Waals surface area contributed by atoms with Crippen molar-refractivity contribution in [1.29, 1.82) is 0 Å². The molecule has 0 aliphatic carbocycles. The largest absolute Gasteiger partial charge is 0.489 e. The van der Waals surface area contributed by atoms with Gasteiger partial charge in [0.1, 0.15) is 12.4 Å². The Hall–Kier alpha value is -2.55. The van der Waals surface area contributed by atoms with Gasteiger partial charge in [-0.05, 0) is 30.2 Å². The zero-order valence-electron chi connectivity index (χ0n) is 14.8. The first kappa shape index (κ1) is 16.3. The Balaban J connectivity index is 1.82. The van der Waals surface area contributed by atoms with Crippen LogP contribution in [-0.2, 0) is 12.0 Å². The van der Waals surface area contributed by atoms with Crippen LogP contribution < -0.4 is 4.74 Å². The summed E-state index contributed by atoms with van der Waals surface area (Å²) in [4.78, 5) is 0. The highest BCUT2D eigenvalue weighted by atomic mass is 16.5. The minimum absolute atomic E-state index is 0.0442. The molecule has 3 nitrogen and oxygen atoms in total. The lowest BCUT2D eigenvalue weighted by atomic mass is 9.93. The van der Waals surface area contributed by atoms with Gasteiger partial charge in [-0.2, -0.15) is 5.10 Å². The molecule has 0 unspecified atom stereocenters. The van der Waals surface area contributed by atoms with E-state index in [2.05, 4.69) is 64.1 Å². The van der Waals surface area contributed by atoms with E-state index in [1.807, 2.05) is 29.1 Å². The molecule has 1 aromatic heterocycles. The van der Waals surface area contributed by atoms with Crippen molar-refractivity contribution in [2.45, 2.75) is 39.7 Å². The lowest BCUT2D eigenvalue weighted by Gasteiger charge is -2.15. The molecule has 2 aromatic carbocycles. The summed E-state index contributed by atoms with van der Waals surface area (Å²) >= 11 is 0. The fourth-order valence-corrected chi connectivity index (χ4v) is 2.49. The van der Waals surface area contributed by atoms with Gasteiger partial charge >= 0.3 is 0 Å². The first-order valence-corrected chi connectivity index (χ1v) is 8.27. The molecule has 0 saturated heterocycles. The fraction of sp³-hybridized carbons (Fsp3) is 0.286. The molecule has 124 valence electrons. The van der Waals surface area contributed by atoms with Gasteiger partial charge in [-0.15, -0.1) is 0 Å². The Bertz CT molecular complexity index is 813. The molecule has 0 radical (unpaired) electrons. The van der Waals surface area contributed by atoms with E-state index in [0.717, 1.165) is 28.3 Å². The van der Waals surface area contributed by atoms with Crippen molar-refractivity contribution in [3.63, 3.8) is 0 Å². The average molecular weight is 320 g/mol. The number of rotatable bonds is 4. The molecule has 0 spiro atoms. The lowest BCUT2D eigenvalue weighted by Crippen LogP contribution is -2.12. The third-order valence-electron chi connectivity index (χ3n) is 4.03. The van der Waals surface area contributed by atoms with Crippen LogP contribution in [0.3, 0.4) is 0 Å². The van der Waals surface area contributed by atoms with Gasteiger partial charge in [0.05, 0.1) is 11.4 Å². The third-order valence-corrected chi connectivity index (χ3v) is 4.03. The second kappa shape index (κ2) is 6.52. The van der Waals surface area contributed by atoms with Gasteiger partial charge in [0, 0.05) is 17.7 Å². The molecule has 0 aliphatic rings. The van der Waals surface area contributed by atoms with Crippen LogP contribution in [0, 0.1) is 6.92 Å². The Morgan fingerprint density at radius 1 is 1.00 bits per heavy atom. The summed E-state index contributed by atoms with van der Waals surface area (Å²) in [6, 6.07) is 18.5. The summed E-state index contributed by atoms with van der Waals surface area (Å²) in [5, 5.41) is 4.70. The highest BCUT2D eigenvalue weighted by Crippen LogP contribution is 2.25. The molecular formula is C21H24N2O. The molecule has 0 atom stereocenters.